The number of ether oxygens (including phenoxy) is 1. The Morgan fingerprint density at radius 3 is 3.11 bits per heavy atom. The summed E-state index contributed by atoms with van der Waals surface area (Å²) in [6.07, 6.45) is 4.29. The van der Waals surface area contributed by atoms with Crippen LogP contribution < -0.4 is 5.73 Å². The zero-order valence-electron chi connectivity index (χ0n) is 10.9. The molecule has 1 aliphatic carbocycles. The number of nitrogens with two attached hydrogens (primary N) is 1. The molecule has 0 unspecified atom stereocenters. The van der Waals surface area contributed by atoms with E-state index in [-0.39, 0.29) is 12.0 Å². The van der Waals surface area contributed by atoms with E-state index in [1.54, 1.807) is 0 Å². The van der Waals surface area contributed by atoms with Gasteiger partial charge in [0.15, 0.2) is 0 Å². The summed E-state index contributed by atoms with van der Waals surface area (Å²) in [4.78, 5) is 11.4. The summed E-state index contributed by atoms with van der Waals surface area (Å²) in [5.74, 6) is -0.109. The quantitative estimate of drug-likeness (QED) is 0.828. The normalized spacial score (nSPS) is 18.2. The lowest BCUT2D eigenvalue weighted by molar-refractivity contribution is -0.143. The number of esters is 1. The molecule has 0 heterocycles. The molecule has 2 rings (SSSR count). The molecule has 0 aromatic heterocycles. The molecule has 1 aliphatic rings. The molecule has 0 radical (unpaired) electrons. The van der Waals surface area contributed by atoms with E-state index in [0.717, 1.165) is 25.7 Å². The Labute approximate surface area is 108 Å². The lowest BCUT2D eigenvalue weighted by Crippen LogP contribution is -2.28. The Morgan fingerprint density at radius 1 is 1.50 bits per heavy atom. The van der Waals surface area contributed by atoms with Crippen LogP contribution in [0.3, 0.4) is 0 Å². The van der Waals surface area contributed by atoms with Crippen molar-refractivity contribution < 1.29 is 9.53 Å². The third-order valence-corrected chi connectivity index (χ3v) is 3.52. The van der Waals surface area contributed by atoms with Crippen LogP contribution in [0.4, 0.5) is 0 Å². The molecule has 0 saturated heterocycles. The molecule has 1 aromatic rings. The van der Waals surface area contributed by atoms with Gasteiger partial charge in [-0.05, 0) is 49.3 Å². The maximum Gasteiger partial charge on any atom is 0.306 e. The van der Waals surface area contributed by atoms with Gasteiger partial charge in [-0.3, -0.25) is 4.79 Å². The van der Waals surface area contributed by atoms with Gasteiger partial charge in [0.05, 0.1) is 6.61 Å². The van der Waals surface area contributed by atoms with E-state index in [1.807, 2.05) is 6.92 Å². The van der Waals surface area contributed by atoms with Crippen LogP contribution >= 0.6 is 0 Å². The maximum atomic E-state index is 11.4. The molecular weight excluding hydrogens is 226 g/mol. The first kappa shape index (κ1) is 13.1. The Hall–Kier alpha value is -1.35. The highest BCUT2D eigenvalue weighted by Crippen LogP contribution is 2.25. The van der Waals surface area contributed by atoms with Crippen molar-refractivity contribution >= 4 is 5.97 Å². The summed E-state index contributed by atoms with van der Waals surface area (Å²) in [5.41, 5.74) is 10.0. The monoisotopic (exact) mass is 247 g/mol. The molecule has 1 atom stereocenters. The number of benzene rings is 1. The van der Waals surface area contributed by atoms with Crippen LogP contribution in [0, 0.1) is 0 Å². The van der Waals surface area contributed by atoms with E-state index in [2.05, 4.69) is 18.2 Å². The fraction of sp³-hybridized carbons (Fsp3) is 0.533. The molecule has 98 valence electrons. The lowest BCUT2D eigenvalue weighted by Gasteiger charge is -2.23. The average molecular weight is 247 g/mol. The lowest BCUT2D eigenvalue weighted by atomic mass is 9.85. The second kappa shape index (κ2) is 6.01. The fourth-order valence-corrected chi connectivity index (χ4v) is 2.62. The SMILES string of the molecule is CCOC(=O)CCc1cccc2c1CC[C@H](N)C2. The third-order valence-electron chi connectivity index (χ3n) is 3.52. The molecule has 2 N–H and O–H groups in total. The molecule has 0 bridgehead atoms. The van der Waals surface area contributed by atoms with E-state index in [9.17, 15) is 4.79 Å². The van der Waals surface area contributed by atoms with Gasteiger partial charge in [-0.2, -0.15) is 0 Å². The molecule has 0 saturated carbocycles. The summed E-state index contributed by atoms with van der Waals surface area (Å²) in [5, 5.41) is 0. The summed E-state index contributed by atoms with van der Waals surface area (Å²) < 4.78 is 4.97. The Balaban J connectivity index is 2.05. The second-order valence-electron chi connectivity index (χ2n) is 4.86. The minimum absolute atomic E-state index is 0.109. The standard InChI is InChI=1S/C15H21NO2/c1-2-18-15(17)9-6-11-4-3-5-12-10-13(16)7-8-14(11)12/h3-5,13H,2,6-10,16H2,1H3/t13-/m0/s1. The van der Waals surface area contributed by atoms with Crippen molar-refractivity contribution in [1.82, 2.24) is 0 Å². The number of aryl methyl sites for hydroxylation is 1. The first-order valence-corrected chi connectivity index (χ1v) is 6.71. The Bertz CT molecular complexity index is 429. The highest BCUT2D eigenvalue weighted by atomic mass is 16.5. The molecule has 0 aliphatic heterocycles. The van der Waals surface area contributed by atoms with Crippen molar-refractivity contribution in [3.05, 3.63) is 34.9 Å². The number of rotatable bonds is 4. The predicted octanol–water partition coefficient (Wildman–Crippen LogP) is 2.00. The zero-order chi connectivity index (χ0) is 13.0. The molecule has 1 aromatic carbocycles. The Kier molecular flexibility index (Phi) is 4.37. The fourth-order valence-electron chi connectivity index (χ4n) is 2.62. The highest BCUT2D eigenvalue weighted by Gasteiger charge is 2.18. The van der Waals surface area contributed by atoms with Gasteiger partial charge in [-0.15, -0.1) is 0 Å². The van der Waals surface area contributed by atoms with E-state index < -0.39 is 0 Å². The largest absolute Gasteiger partial charge is 0.466 e. The molecule has 0 spiro atoms. The van der Waals surface area contributed by atoms with Gasteiger partial charge in [0, 0.05) is 12.5 Å². The first-order valence-electron chi connectivity index (χ1n) is 6.71. The predicted molar refractivity (Wildman–Crippen MR) is 71.4 cm³/mol. The zero-order valence-corrected chi connectivity index (χ0v) is 10.9. The van der Waals surface area contributed by atoms with Crippen LogP contribution in [0.15, 0.2) is 18.2 Å². The number of fused-ring (bicyclic) bond motifs is 1. The van der Waals surface area contributed by atoms with E-state index in [4.69, 9.17) is 10.5 Å². The van der Waals surface area contributed by atoms with Gasteiger partial charge in [0.1, 0.15) is 0 Å². The van der Waals surface area contributed by atoms with Crippen LogP contribution in [-0.4, -0.2) is 18.6 Å². The van der Waals surface area contributed by atoms with Crippen LogP contribution in [0.5, 0.6) is 0 Å². The minimum atomic E-state index is -0.109. The topological polar surface area (TPSA) is 52.3 Å². The van der Waals surface area contributed by atoms with Crippen LogP contribution in [0.2, 0.25) is 0 Å². The van der Waals surface area contributed by atoms with Crippen LogP contribution in [0.1, 0.15) is 36.5 Å². The maximum absolute atomic E-state index is 11.4. The molecule has 3 heteroatoms. The van der Waals surface area contributed by atoms with Crippen molar-refractivity contribution in [2.75, 3.05) is 6.61 Å². The number of carbonyl (C=O) groups excluding carboxylic acids is 1. The van der Waals surface area contributed by atoms with Gasteiger partial charge < -0.3 is 10.5 Å². The van der Waals surface area contributed by atoms with Crippen LogP contribution in [-0.2, 0) is 28.8 Å². The number of hydrogen-bond donors (Lipinski definition) is 1. The molecular formula is C15H21NO2. The average Bonchev–Trinajstić information content (AvgIpc) is 2.36. The number of carbonyl (C=O) groups is 1. The summed E-state index contributed by atoms with van der Waals surface area (Å²) in [6.45, 7) is 2.30. The van der Waals surface area contributed by atoms with Crippen molar-refractivity contribution in [1.29, 1.82) is 0 Å². The van der Waals surface area contributed by atoms with E-state index in [1.165, 1.54) is 16.7 Å². The molecule has 0 fully saturated rings. The highest BCUT2D eigenvalue weighted by molar-refractivity contribution is 5.69. The first-order chi connectivity index (χ1) is 8.70. The Morgan fingerprint density at radius 2 is 2.33 bits per heavy atom. The molecule has 0 amide bonds. The van der Waals surface area contributed by atoms with Crippen molar-refractivity contribution in [3.63, 3.8) is 0 Å². The van der Waals surface area contributed by atoms with Gasteiger partial charge in [-0.1, -0.05) is 18.2 Å². The number of hydrogen-bond acceptors (Lipinski definition) is 3. The van der Waals surface area contributed by atoms with Crippen molar-refractivity contribution in [2.24, 2.45) is 5.73 Å². The third kappa shape index (κ3) is 3.10. The van der Waals surface area contributed by atoms with E-state index in [0.29, 0.717) is 13.0 Å². The van der Waals surface area contributed by atoms with Gasteiger partial charge in [-0.25, -0.2) is 0 Å². The summed E-state index contributed by atoms with van der Waals surface area (Å²) in [6, 6.07) is 6.63. The molecule has 3 nitrogen and oxygen atoms in total. The van der Waals surface area contributed by atoms with Gasteiger partial charge in [0.25, 0.3) is 0 Å². The van der Waals surface area contributed by atoms with Gasteiger partial charge >= 0.3 is 5.97 Å². The molecule has 18 heavy (non-hydrogen) atoms. The summed E-state index contributed by atoms with van der Waals surface area (Å²) >= 11 is 0. The second-order valence-corrected chi connectivity index (χ2v) is 4.86. The van der Waals surface area contributed by atoms with Gasteiger partial charge in [0.2, 0.25) is 0 Å². The van der Waals surface area contributed by atoms with Crippen LogP contribution in [0.25, 0.3) is 0 Å². The van der Waals surface area contributed by atoms with E-state index >= 15 is 0 Å². The smallest absolute Gasteiger partial charge is 0.306 e. The minimum Gasteiger partial charge on any atom is -0.466 e. The summed E-state index contributed by atoms with van der Waals surface area (Å²) in [7, 11) is 0. The van der Waals surface area contributed by atoms with Crippen molar-refractivity contribution in [2.45, 2.75) is 45.1 Å². The van der Waals surface area contributed by atoms with Crippen molar-refractivity contribution in [3.8, 4) is 0 Å².